The molecule has 0 amide bonds. The van der Waals surface area contributed by atoms with Crippen LogP contribution < -0.4 is 10.6 Å². The predicted octanol–water partition coefficient (Wildman–Crippen LogP) is 2.93. The first kappa shape index (κ1) is 13.4. The SMILES string of the molecule is CC[C@H]1CCN[C@H](CC[C@@H]2CCN[C@H](C)C2)C1. The molecule has 0 aliphatic carbocycles. The van der Waals surface area contributed by atoms with Gasteiger partial charge in [-0.05, 0) is 70.4 Å². The first-order chi connectivity index (χ1) is 8.28. The Bertz CT molecular complexity index is 217. The highest BCUT2D eigenvalue weighted by molar-refractivity contribution is 4.81. The molecular weight excluding hydrogens is 208 g/mol. The van der Waals surface area contributed by atoms with Crippen molar-refractivity contribution in [3.63, 3.8) is 0 Å². The smallest absolute Gasteiger partial charge is 0.00698 e. The van der Waals surface area contributed by atoms with Gasteiger partial charge in [0, 0.05) is 12.1 Å². The van der Waals surface area contributed by atoms with Gasteiger partial charge in [-0.2, -0.15) is 0 Å². The van der Waals surface area contributed by atoms with E-state index in [4.69, 9.17) is 0 Å². The van der Waals surface area contributed by atoms with Gasteiger partial charge in [0.15, 0.2) is 0 Å². The Labute approximate surface area is 107 Å². The Morgan fingerprint density at radius 3 is 2.47 bits per heavy atom. The minimum atomic E-state index is 0.747. The summed E-state index contributed by atoms with van der Waals surface area (Å²) in [5.41, 5.74) is 0. The van der Waals surface area contributed by atoms with Crippen LogP contribution in [0.15, 0.2) is 0 Å². The molecule has 2 heterocycles. The molecule has 2 aliphatic heterocycles. The molecule has 2 nitrogen and oxygen atoms in total. The number of nitrogens with one attached hydrogen (secondary N) is 2. The van der Waals surface area contributed by atoms with E-state index in [-0.39, 0.29) is 0 Å². The van der Waals surface area contributed by atoms with E-state index < -0.39 is 0 Å². The van der Waals surface area contributed by atoms with Crippen LogP contribution >= 0.6 is 0 Å². The zero-order valence-corrected chi connectivity index (χ0v) is 11.7. The Balaban J connectivity index is 1.66. The lowest BCUT2D eigenvalue weighted by atomic mass is 9.84. The second-order valence-electron chi connectivity index (χ2n) is 6.27. The topological polar surface area (TPSA) is 24.1 Å². The van der Waals surface area contributed by atoms with Crippen molar-refractivity contribution in [2.24, 2.45) is 11.8 Å². The van der Waals surface area contributed by atoms with E-state index in [1.165, 1.54) is 58.0 Å². The van der Waals surface area contributed by atoms with Crippen LogP contribution in [0.1, 0.15) is 58.8 Å². The van der Waals surface area contributed by atoms with Crippen molar-refractivity contribution < 1.29 is 0 Å². The summed E-state index contributed by atoms with van der Waals surface area (Å²) in [6.45, 7) is 7.17. The number of rotatable bonds is 4. The minimum Gasteiger partial charge on any atom is -0.314 e. The third-order valence-corrected chi connectivity index (χ3v) is 4.84. The first-order valence-corrected chi connectivity index (χ1v) is 7.74. The maximum absolute atomic E-state index is 3.72. The van der Waals surface area contributed by atoms with E-state index in [2.05, 4.69) is 24.5 Å². The number of piperidine rings is 2. The van der Waals surface area contributed by atoms with Gasteiger partial charge in [0.2, 0.25) is 0 Å². The fraction of sp³-hybridized carbons (Fsp3) is 1.00. The molecule has 2 saturated heterocycles. The monoisotopic (exact) mass is 238 g/mol. The summed E-state index contributed by atoms with van der Waals surface area (Å²) in [7, 11) is 0. The molecule has 17 heavy (non-hydrogen) atoms. The van der Waals surface area contributed by atoms with Crippen LogP contribution in [0.2, 0.25) is 0 Å². The van der Waals surface area contributed by atoms with E-state index in [9.17, 15) is 0 Å². The Hall–Kier alpha value is -0.0800. The van der Waals surface area contributed by atoms with E-state index in [0.29, 0.717) is 0 Å². The maximum atomic E-state index is 3.72. The van der Waals surface area contributed by atoms with Crippen LogP contribution in [0.25, 0.3) is 0 Å². The van der Waals surface area contributed by atoms with Gasteiger partial charge in [0.1, 0.15) is 0 Å². The number of hydrogen-bond donors (Lipinski definition) is 2. The average Bonchev–Trinajstić information content (AvgIpc) is 2.37. The summed E-state index contributed by atoms with van der Waals surface area (Å²) >= 11 is 0. The van der Waals surface area contributed by atoms with Crippen molar-refractivity contribution >= 4 is 0 Å². The highest BCUT2D eigenvalue weighted by atomic mass is 14.9. The molecule has 0 radical (unpaired) electrons. The zero-order valence-electron chi connectivity index (χ0n) is 11.7. The molecule has 100 valence electrons. The third-order valence-electron chi connectivity index (χ3n) is 4.84. The van der Waals surface area contributed by atoms with Crippen molar-refractivity contribution in [1.82, 2.24) is 10.6 Å². The lowest BCUT2D eigenvalue weighted by Crippen LogP contribution is -2.39. The van der Waals surface area contributed by atoms with Crippen LogP contribution in [0, 0.1) is 11.8 Å². The van der Waals surface area contributed by atoms with Crippen LogP contribution in [0.4, 0.5) is 0 Å². The van der Waals surface area contributed by atoms with Crippen LogP contribution in [-0.2, 0) is 0 Å². The summed E-state index contributed by atoms with van der Waals surface area (Å²) in [6, 6.07) is 1.57. The van der Waals surface area contributed by atoms with Crippen molar-refractivity contribution in [1.29, 1.82) is 0 Å². The third kappa shape index (κ3) is 4.26. The minimum absolute atomic E-state index is 0.747. The average molecular weight is 238 g/mol. The van der Waals surface area contributed by atoms with E-state index in [0.717, 1.165) is 23.9 Å². The van der Waals surface area contributed by atoms with Gasteiger partial charge in [-0.3, -0.25) is 0 Å². The highest BCUT2D eigenvalue weighted by Crippen LogP contribution is 2.26. The molecule has 0 bridgehead atoms. The molecule has 2 fully saturated rings. The quantitative estimate of drug-likeness (QED) is 0.787. The zero-order chi connectivity index (χ0) is 12.1. The van der Waals surface area contributed by atoms with Crippen molar-refractivity contribution in [2.75, 3.05) is 13.1 Å². The summed E-state index contributed by atoms with van der Waals surface area (Å²) in [6.07, 6.45) is 9.85. The molecule has 2 heteroatoms. The molecule has 2 N–H and O–H groups in total. The molecule has 0 saturated carbocycles. The second-order valence-corrected chi connectivity index (χ2v) is 6.27. The number of hydrogen-bond acceptors (Lipinski definition) is 2. The van der Waals surface area contributed by atoms with Crippen LogP contribution in [0.5, 0.6) is 0 Å². The molecule has 0 unspecified atom stereocenters. The lowest BCUT2D eigenvalue weighted by molar-refractivity contribution is 0.245. The van der Waals surface area contributed by atoms with Gasteiger partial charge in [-0.15, -0.1) is 0 Å². The summed E-state index contributed by atoms with van der Waals surface area (Å²) in [4.78, 5) is 0. The molecule has 0 aromatic heterocycles. The van der Waals surface area contributed by atoms with Crippen LogP contribution in [0.3, 0.4) is 0 Å². The van der Waals surface area contributed by atoms with E-state index in [1.807, 2.05) is 0 Å². The van der Waals surface area contributed by atoms with Gasteiger partial charge in [-0.25, -0.2) is 0 Å². The summed E-state index contributed by atoms with van der Waals surface area (Å²) < 4.78 is 0. The molecule has 0 spiro atoms. The summed E-state index contributed by atoms with van der Waals surface area (Å²) in [5.74, 6) is 1.98. The largest absolute Gasteiger partial charge is 0.314 e. The van der Waals surface area contributed by atoms with Gasteiger partial charge >= 0.3 is 0 Å². The van der Waals surface area contributed by atoms with Gasteiger partial charge < -0.3 is 10.6 Å². The molecule has 2 aliphatic rings. The second kappa shape index (κ2) is 6.75. The molecule has 0 aromatic carbocycles. The van der Waals surface area contributed by atoms with Crippen molar-refractivity contribution in [3.05, 3.63) is 0 Å². The van der Waals surface area contributed by atoms with Gasteiger partial charge in [-0.1, -0.05) is 13.3 Å². The van der Waals surface area contributed by atoms with E-state index >= 15 is 0 Å². The van der Waals surface area contributed by atoms with Crippen molar-refractivity contribution in [2.45, 2.75) is 70.9 Å². The maximum Gasteiger partial charge on any atom is 0.00698 e. The Morgan fingerprint density at radius 1 is 0.941 bits per heavy atom. The molecular formula is C15H30N2. The van der Waals surface area contributed by atoms with E-state index in [1.54, 1.807) is 0 Å². The van der Waals surface area contributed by atoms with Crippen LogP contribution in [-0.4, -0.2) is 25.2 Å². The Kier molecular flexibility index (Phi) is 5.30. The molecule has 4 atom stereocenters. The molecule has 0 aromatic rings. The molecule has 2 rings (SSSR count). The normalized spacial score (nSPS) is 39.2. The van der Waals surface area contributed by atoms with Gasteiger partial charge in [0.05, 0.1) is 0 Å². The Morgan fingerprint density at radius 2 is 1.71 bits per heavy atom. The predicted molar refractivity (Wildman–Crippen MR) is 74.2 cm³/mol. The highest BCUT2D eigenvalue weighted by Gasteiger charge is 2.23. The lowest BCUT2D eigenvalue weighted by Gasteiger charge is -2.32. The van der Waals surface area contributed by atoms with Crippen molar-refractivity contribution in [3.8, 4) is 0 Å². The van der Waals surface area contributed by atoms with Gasteiger partial charge in [0.25, 0.3) is 0 Å². The summed E-state index contributed by atoms with van der Waals surface area (Å²) in [5, 5.41) is 7.27. The first-order valence-electron chi connectivity index (χ1n) is 7.74. The fourth-order valence-electron chi connectivity index (χ4n) is 3.62. The standard InChI is InChI=1S/C15H30N2/c1-3-13-6-9-17-15(11-13)5-4-14-7-8-16-12(2)10-14/h12-17H,3-11H2,1-2H3/t12-,13+,14-,15-/m1/s1. The fourth-order valence-corrected chi connectivity index (χ4v) is 3.62.